The molecule has 2 N–H and O–H groups in total. The molecule has 2 heterocycles. The SMILES string of the molecule is Cc1cnn(CCNC(=O)N2CCCCC2(C)C(=O)O)c1. The number of nitrogens with one attached hydrogen (secondary N) is 1. The van der Waals surface area contributed by atoms with Crippen molar-refractivity contribution in [2.45, 2.75) is 45.2 Å². The third-order valence-electron chi connectivity index (χ3n) is 3.98. The molecule has 1 unspecified atom stereocenters. The molecule has 1 fully saturated rings. The molecule has 2 amide bonds. The minimum Gasteiger partial charge on any atom is -0.480 e. The molecule has 7 nitrogen and oxygen atoms in total. The topological polar surface area (TPSA) is 87.5 Å². The van der Waals surface area contributed by atoms with Gasteiger partial charge in [-0.05, 0) is 38.7 Å². The van der Waals surface area contributed by atoms with Crippen molar-refractivity contribution < 1.29 is 14.7 Å². The van der Waals surface area contributed by atoms with Crippen LogP contribution in [0.5, 0.6) is 0 Å². The second-order valence-corrected chi connectivity index (χ2v) is 5.70. The highest BCUT2D eigenvalue weighted by Crippen LogP contribution is 2.28. The summed E-state index contributed by atoms with van der Waals surface area (Å²) in [6.45, 7) is 5.04. The van der Waals surface area contributed by atoms with Gasteiger partial charge in [0.25, 0.3) is 0 Å². The van der Waals surface area contributed by atoms with E-state index >= 15 is 0 Å². The van der Waals surface area contributed by atoms with Crippen LogP contribution in [0.4, 0.5) is 4.79 Å². The number of hydrogen-bond donors (Lipinski definition) is 2. The molecular formula is C14H22N4O3. The van der Waals surface area contributed by atoms with Gasteiger partial charge in [0.15, 0.2) is 0 Å². The summed E-state index contributed by atoms with van der Waals surface area (Å²) >= 11 is 0. The number of aliphatic carboxylic acids is 1. The lowest BCUT2D eigenvalue weighted by molar-refractivity contribution is -0.150. The number of piperidine rings is 1. The van der Waals surface area contributed by atoms with Gasteiger partial charge in [0, 0.05) is 19.3 Å². The number of aromatic nitrogens is 2. The molecule has 1 aliphatic heterocycles. The van der Waals surface area contributed by atoms with Crippen molar-refractivity contribution in [2.75, 3.05) is 13.1 Å². The van der Waals surface area contributed by atoms with Gasteiger partial charge in [0.2, 0.25) is 0 Å². The third kappa shape index (κ3) is 3.34. The second kappa shape index (κ2) is 6.15. The molecule has 1 aromatic rings. The quantitative estimate of drug-likeness (QED) is 0.874. The van der Waals surface area contributed by atoms with E-state index in [1.165, 1.54) is 4.90 Å². The van der Waals surface area contributed by atoms with E-state index in [1.807, 2.05) is 13.1 Å². The van der Waals surface area contributed by atoms with E-state index in [-0.39, 0.29) is 6.03 Å². The van der Waals surface area contributed by atoms with Crippen molar-refractivity contribution in [3.05, 3.63) is 18.0 Å². The van der Waals surface area contributed by atoms with E-state index in [0.717, 1.165) is 18.4 Å². The molecular weight excluding hydrogens is 272 g/mol. The average molecular weight is 294 g/mol. The summed E-state index contributed by atoms with van der Waals surface area (Å²) in [4.78, 5) is 25.1. The van der Waals surface area contributed by atoms with Gasteiger partial charge in [0.1, 0.15) is 5.54 Å². The molecule has 1 atom stereocenters. The van der Waals surface area contributed by atoms with Gasteiger partial charge in [-0.2, -0.15) is 5.10 Å². The van der Waals surface area contributed by atoms with Crippen LogP contribution in [0.1, 0.15) is 31.7 Å². The molecule has 0 aromatic carbocycles. The number of carboxylic acids is 1. The fraction of sp³-hybridized carbons (Fsp3) is 0.643. The highest BCUT2D eigenvalue weighted by Gasteiger charge is 2.43. The Morgan fingerprint density at radius 3 is 2.86 bits per heavy atom. The largest absolute Gasteiger partial charge is 0.480 e. The van der Waals surface area contributed by atoms with Gasteiger partial charge in [-0.3, -0.25) is 4.68 Å². The normalized spacial score (nSPS) is 22.1. The number of rotatable bonds is 4. The second-order valence-electron chi connectivity index (χ2n) is 5.70. The average Bonchev–Trinajstić information content (AvgIpc) is 2.84. The Morgan fingerprint density at radius 2 is 2.24 bits per heavy atom. The third-order valence-corrected chi connectivity index (χ3v) is 3.98. The van der Waals surface area contributed by atoms with Crippen molar-refractivity contribution >= 4 is 12.0 Å². The molecule has 1 aliphatic rings. The Morgan fingerprint density at radius 1 is 1.48 bits per heavy atom. The van der Waals surface area contributed by atoms with Crippen LogP contribution in [-0.4, -0.2) is 50.4 Å². The van der Waals surface area contributed by atoms with Crippen LogP contribution in [0.2, 0.25) is 0 Å². The number of carbonyl (C=O) groups excluding carboxylic acids is 1. The Labute approximate surface area is 123 Å². The fourth-order valence-electron chi connectivity index (χ4n) is 2.63. The van der Waals surface area contributed by atoms with Gasteiger partial charge in [-0.25, -0.2) is 9.59 Å². The van der Waals surface area contributed by atoms with Crippen LogP contribution < -0.4 is 5.32 Å². The van der Waals surface area contributed by atoms with Crippen LogP contribution in [0.25, 0.3) is 0 Å². The standard InChI is InChI=1S/C14H22N4O3/c1-11-9-16-17(10-11)8-6-15-13(21)18-7-4-3-5-14(18,2)12(19)20/h9-10H,3-8H2,1-2H3,(H,15,21)(H,19,20). The predicted molar refractivity (Wildman–Crippen MR) is 77.0 cm³/mol. The zero-order valence-corrected chi connectivity index (χ0v) is 12.5. The lowest BCUT2D eigenvalue weighted by Gasteiger charge is -2.41. The molecule has 2 rings (SSSR count). The predicted octanol–water partition coefficient (Wildman–Crippen LogP) is 1.23. The van der Waals surface area contributed by atoms with Gasteiger partial charge >= 0.3 is 12.0 Å². The fourth-order valence-corrected chi connectivity index (χ4v) is 2.63. The minimum atomic E-state index is -1.11. The molecule has 0 aliphatic carbocycles. The van der Waals surface area contributed by atoms with Gasteiger partial charge in [0.05, 0.1) is 12.7 Å². The van der Waals surface area contributed by atoms with Crippen LogP contribution in [0.3, 0.4) is 0 Å². The van der Waals surface area contributed by atoms with Crippen molar-refractivity contribution in [3.63, 3.8) is 0 Å². The Bertz CT molecular complexity index is 528. The molecule has 21 heavy (non-hydrogen) atoms. The number of nitrogens with zero attached hydrogens (tertiary/aromatic N) is 3. The van der Waals surface area contributed by atoms with E-state index in [2.05, 4.69) is 10.4 Å². The minimum absolute atomic E-state index is 0.316. The van der Waals surface area contributed by atoms with Crippen LogP contribution in [0, 0.1) is 6.92 Å². The van der Waals surface area contributed by atoms with E-state index in [4.69, 9.17) is 0 Å². The summed E-state index contributed by atoms with van der Waals surface area (Å²) in [5.41, 5.74) is -0.0410. The van der Waals surface area contributed by atoms with Crippen LogP contribution in [0.15, 0.2) is 12.4 Å². The summed E-state index contributed by atoms with van der Waals surface area (Å²) in [6, 6.07) is -0.316. The Balaban J connectivity index is 1.90. The maximum absolute atomic E-state index is 12.2. The van der Waals surface area contributed by atoms with Gasteiger partial charge in [-0.1, -0.05) is 0 Å². The van der Waals surface area contributed by atoms with E-state index in [0.29, 0.717) is 26.1 Å². The van der Waals surface area contributed by atoms with Gasteiger partial charge in [-0.15, -0.1) is 0 Å². The number of likely N-dealkylation sites (tertiary alicyclic amines) is 1. The molecule has 0 spiro atoms. The van der Waals surface area contributed by atoms with Crippen molar-refractivity contribution in [1.82, 2.24) is 20.0 Å². The summed E-state index contributed by atoms with van der Waals surface area (Å²) in [5, 5.41) is 16.3. The number of carbonyl (C=O) groups is 2. The Hall–Kier alpha value is -2.05. The van der Waals surface area contributed by atoms with Crippen molar-refractivity contribution in [2.24, 2.45) is 0 Å². The highest BCUT2D eigenvalue weighted by atomic mass is 16.4. The highest BCUT2D eigenvalue weighted by molar-refractivity contribution is 5.86. The lowest BCUT2D eigenvalue weighted by atomic mass is 9.89. The molecule has 1 saturated heterocycles. The molecule has 0 radical (unpaired) electrons. The summed E-state index contributed by atoms with van der Waals surface area (Å²) in [7, 11) is 0. The van der Waals surface area contributed by atoms with Gasteiger partial charge < -0.3 is 15.3 Å². The first kappa shape index (κ1) is 15.3. The molecule has 7 heteroatoms. The zero-order valence-electron chi connectivity index (χ0n) is 12.5. The number of amides is 2. The van der Waals surface area contributed by atoms with E-state index in [9.17, 15) is 14.7 Å². The molecule has 0 bridgehead atoms. The van der Waals surface area contributed by atoms with Crippen molar-refractivity contribution in [1.29, 1.82) is 0 Å². The molecule has 116 valence electrons. The zero-order chi connectivity index (χ0) is 15.5. The van der Waals surface area contributed by atoms with E-state index < -0.39 is 11.5 Å². The lowest BCUT2D eigenvalue weighted by Crippen LogP contribution is -2.60. The van der Waals surface area contributed by atoms with E-state index in [1.54, 1.807) is 17.8 Å². The first-order chi connectivity index (χ1) is 9.93. The number of aryl methyl sites for hydroxylation is 1. The maximum Gasteiger partial charge on any atom is 0.329 e. The first-order valence-electron chi connectivity index (χ1n) is 7.21. The van der Waals surface area contributed by atoms with Crippen LogP contribution >= 0.6 is 0 Å². The monoisotopic (exact) mass is 294 g/mol. The summed E-state index contributed by atoms with van der Waals surface area (Å²) in [5.74, 6) is -0.944. The smallest absolute Gasteiger partial charge is 0.329 e. The first-order valence-corrected chi connectivity index (χ1v) is 7.21. The Kier molecular flexibility index (Phi) is 4.50. The molecule has 1 aromatic heterocycles. The number of urea groups is 1. The summed E-state index contributed by atoms with van der Waals surface area (Å²) in [6.07, 6.45) is 5.82. The summed E-state index contributed by atoms with van der Waals surface area (Å²) < 4.78 is 1.75. The maximum atomic E-state index is 12.2. The number of hydrogen-bond acceptors (Lipinski definition) is 3. The van der Waals surface area contributed by atoms with Crippen molar-refractivity contribution in [3.8, 4) is 0 Å². The number of carboxylic acid groups (broad SMARTS) is 1. The molecule has 0 saturated carbocycles. The van der Waals surface area contributed by atoms with Crippen LogP contribution in [-0.2, 0) is 11.3 Å².